The summed E-state index contributed by atoms with van der Waals surface area (Å²) in [6, 6.07) is 17.4. The number of rotatable bonds is 11. The van der Waals surface area contributed by atoms with Gasteiger partial charge < -0.3 is 15.4 Å². The summed E-state index contributed by atoms with van der Waals surface area (Å²) in [6.45, 7) is 4.72. The zero-order valence-corrected chi connectivity index (χ0v) is 25.6. The Kier molecular flexibility index (Phi) is 9.80. The number of carbonyl (C=O) groups is 2. The Labute approximate surface area is 260 Å². The van der Waals surface area contributed by atoms with Gasteiger partial charge >= 0.3 is 6.36 Å². The first-order chi connectivity index (χ1) is 21.4. The number of piperazine rings is 1. The molecule has 0 aromatic heterocycles. The normalized spacial score (nSPS) is 16.3. The monoisotopic (exact) mass is 644 g/mol. The summed E-state index contributed by atoms with van der Waals surface area (Å²) in [7, 11) is -3.20. The number of nitrogens with one attached hydrogen (secondary N) is 2. The SMILES string of the molecule is CCCS(=O)(=O)N1CCN(Cc2ccc(NC(=O)c3ccc(-c4cc(NC(=O)C5CC5)ccc4OC(F)(F)F)cc3)cc2)CC1. The molecule has 2 amide bonds. The van der Waals surface area contributed by atoms with E-state index < -0.39 is 28.0 Å². The van der Waals surface area contributed by atoms with E-state index in [9.17, 15) is 31.2 Å². The molecule has 1 heterocycles. The average molecular weight is 645 g/mol. The van der Waals surface area contributed by atoms with Crippen LogP contribution in [0, 0.1) is 5.92 Å². The van der Waals surface area contributed by atoms with Crippen LogP contribution in [0.2, 0.25) is 0 Å². The van der Waals surface area contributed by atoms with Gasteiger partial charge in [0.2, 0.25) is 15.9 Å². The lowest BCUT2D eigenvalue weighted by Gasteiger charge is -2.34. The number of anilines is 2. The summed E-state index contributed by atoms with van der Waals surface area (Å²) in [4.78, 5) is 27.3. The Morgan fingerprint density at radius 2 is 1.53 bits per heavy atom. The molecule has 0 spiro atoms. The lowest BCUT2D eigenvalue weighted by molar-refractivity contribution is -0.274. The molecule has 1 saturated heterocycles. The minimum absolute atomic E-state index is 0.0759. The number of carbonyl (C=O) groups excluding carboxylic acids is 2. The molecule has 45 heavy (non-hydrogen) atoms. The fourth-order valence-corrected chi connectivity index (χ4v) is 6.64. The second kappa shape index (κ2) is 13.6. The Morgan fingerprint density at radius 1 is 0.889 bits per heavy atom. The van der Waals surface area contributed by atoms with Crippen molar-refractivity contribution in [3.05, 3.63) is 77.9 Å². The number of ether oxygens (including phenoxy) is 1. The van der Waals surface area contributed by atoms with Gasteiger partial charge in [-0.05, 0) is 72.9 Å². The first kappa shape index (κ1) is 32.5. The van der Waals surface area contributed by atoms with Crippen LogP contribution in [0.5, 0.6) is 5.75 Å². The van der Waals surface area contributed by atoms with Gasteiger partial charge in [-0.25, -0.2) is 8.42 Å². The molecule has 0 atom stereocenters. The van der Waals surface area contributed by atoms with Gasteiger partial charge in [0.15, 0.2) is 0 Å². The van der Waals surface area contributed by atoms with E-state index in [1.807, 2.05) is 19.1 Å². The summed E-state index contributed by atoms with van der Waals surface area (Å²) >= 11 is 0. The fourth-order valence-electron chi connectivity index (χ4n) is 5.15. The average Bonchev–Trinajstić information content (AvgIpc) is 3.85. The quantitative estimate of drug-likeness (QED) is 0.277. The highest BCUT2D eigenvalue weighted by Crippen LogP contribution is 2.37. The van der Waals surface area contributed by atoms with E-state index in [2.05, 4.69) is 20.3 Å². The largest absolute Gasteiger partial charge is 0.573 e. The van der Waals surface area contributed by atoms with Gasteiger partial charge in [-0.3, -0.25) is 14.5 Å². The third-order valence-electron chi connectivity index (χ3n) is 7.68. The van der Waals surface area contributed by atoms with Crippen LogP contribution in [0.15, 0.2) is 66.7 Å². The number of hydrogen-bond acceptors (Lipinski definition) is 6. The molecular formula is C32H35F3N4O5S. The number of amides is 2. The van der Waals surface area contributed by atoms with Crippen molar-refractivity contribution in [2.24, 2.45) is 5.92 Å². The van der Waals surface area contributed by atoms with Crippen molar-refractivity contribution in [3.8, 4) is 16.9 Å². The predicted octanol–water partition coefficient (Wildman–Crippen LogP) is 5.71. The first-order valence-electron chi connectivity index (χ1n) is 14.8. The van der Waals surface area contributed by atoms with Crippen LogP contribution in [0.4, 0.5) is 24.5 Å². The van der Waals surface area contributed by atoms with Gasteiger partial charge in [-0.1, -0.05) is 31.2 Å². The number of benzene rings is 3. The van der Waals surface area contributed by atoms with E-state index in [4.69, 9.17) is 0 Å². The second-order valence-electron chi connectivity index (χ2n) is 11.2. The molecule has 240 valence electrons. The van der Waals surface area contributed by atoms with E-state index in [1.165, 1.54) is 36.4 Å². The van der Waals surface area contributed by atoms with Crippen molar-refractivity contribution in [2.75, 3.05) is 42.6 Å². The minimum Gasteiger partial charge on any atom is -0.405 e. The van der Waals surface area contributed by atoms with E-state index in [0.717, 1.165) is 24.5 Å². The van der Waals surface area contributed by atoms with Gasteiger partial charge in [-0.15, -0.1) is 13.2 Å². The van der Waals surface area contributed by atoms with Gasteiger partial charge in [-0.2, -0.15) is 4.31 Å². The van der Waals surface area contributed by atoms with Crippen LogP contribution in [0.25, 0.3) is 11.1 Å². The van der Waals surface area contributed by atoms with Gasteiger partial charge in [0, 0.05) is 61.1 Å². The molecule has 5 rings (SSSR count). The molecule has 3 aromatic carbocycles. The summed E-state index contributed by atoms with van der Waals surface area (Å²) < 4.78 is 69.7. The molecule has 1 saturated carbocycles. The molecule has 0 unspecified atom stereocenters. The number of hydrogen-bond donors (Lipinski definition) is 2. The molecule has 0 bridgehead atoms. The van der Waals surface area contributed by atoms with Crippen molar-refractivity contribution >= 4 is 33.2 Å². The molecule has 9 nitrogen and oxygen atoms in total. The van der Waals surface area contributed by atoms with Crippen molar-refractivity contribution in [3.63, 3.8) is 0 Å². The van der Waals surface area contributed by atoms with Crippen molar-refractivity contribution in [2.45, 2.75) is 39.1 Å². The highest BCUT2D eigenvalue weighted by Gasteiger charge is 2.33. The first-order valence-corrected chi connectivity index (χ1v) is 16.4. The van der Waals surface area contributed by atoms with Gasteiger partial charge in [0.25, 0.3) is 5.91 Å². The maximum Gasteiger partial charge on any atom is 0.573 e. The summed E-state index contributed by atoms with van der Waals surface area (Å²) in [5, 5.41) is 5.56. The van der Waals surface area contributed by atoms with Crippen LogP contribution >= 0.6 is 0 Å². The minimum atomic E-state index is -4.91. The van der Waals surface area contributed by atoms with Crippen molar-refractivity contribution in [1.82, 2.24) is 9.21 Å². The van der Waals surface area contributed by atoms with Crippen LogP contribution in [0.1, 0.15) is 42.1 Å². The molecule has 13 heteroatoms. The predicted molar refractivity (Wildman–Crippen MR) is 165 cm³/mol. The molecule has 2 fully saturated rings. The zero-order chi connectivity index (χ0) is 32.2. The van der Waals surface area contributed by atoms with E-state index >= 15 is 0 Å². The highest BCUT2D eigenvalue weighted by atomic mass is 32.2. The maximum absolute atomic E-state index is 13.1. The number of sulfonamides is 1. The van der Waals surface area contributed by atoms with Crippen molar-refractivity contribution in [1.29, 1.82) is 0 Å². The Morgan fingerprint density at radius 3 is 2.13 bits per heavy atom. The third kappa shape index (κ3) is 8.83. The third-order valence-corrected chi connectivity index (χ3v) is 9.76. The van der Waals surface area contributed by atoms with E-state index in [0.29, 0.717) is 61.6 Å². The molecule has 3 aromatic rings. The second-order valence-corrected chi connectivity index (χ2v) is 13.3. The summed E-state index contributed by atoms with van der Waals surface area (Å²) in [5.41, 5.74) is 2.74. The molecule has 1 aliphatic heterocycles. The standard InChI is InChI=1S/C32H35F3N4O5S/c1-2-19-45(42,43)39-17-15-38(16-18-39)21-22-3-11-26(12-4-22)36-30(40)24-7-5-23(6-8-24)28-20-27(37-31(41)25-9-10-25)13-14-29(28)44-32(33,34)35/h3-8,11-14,20,25H,2,9-10,15-19,21H2,1H3,(H,36,40)(H,37,41). The zero-order valence-electron chi connectivity index (χ0n) is 24.8. The number of halogens is 3. The van der Waals surface area contributed by atoms with Crippen molar-refractivity contribution < 1.29 is 35.9 Å². The van der Waals surface area contributed by atoms with E-state index in [1.54, 1.807) is 16.4 Å². The van der Waals surface area contributed by atoms with Crippen LogP contribution < -0.4 is 15.4 Å². The van der Waals surface area contributed by atoms with Crippen LogP contribution in [0.3, 0.4) is 0 Å². The summed E-state index contributed by atoms with van der Waals surface area (Å²) in [5.74, 6) is -0.905. The molecule has 2 N–H and O–H groups in total. The fraction of sp³-hybridized carbons (Fsp3) is 0.375. The Balaban J connectivity index is 1.20. The van der Waals surface area contributed by atoms with Crippen LogP contribution in [-0.4, -0.2) is 67.7 Å². The molecule has 1 aliphatic carbocycles. The maximum atomic E-state index is 13.1. The topological polar surface area (TPSA) is 108 Å². The van der Waals surface area contributed by atoms with E-state index in [-0.39, 0.29) is 23.1 Å². The van der Waals surface area contributed by atoms with Gasteiger partial charge in [0.05, 0.1) is 5.75 Å². The van der Waals surface area contributed by atoms with Crippen LogP contribution in [-0.2, 0) is 21.4 Å². The molecular weight excluding hydrogens is 609 g/mol. The molecule has 0 radical (unpaired) electrons. The molecule has 2 aliphatic rings. The number of nitrogens with zero attached hydrogens (tertiary/aromatic N) is 2. The Hall–Kier alpha value is -3.94. The lowest BCUT2D eigenvalue weighted by atomic mass is 10.0. The number of alkyl halides is 3. The Bertz CT molecular complexity index is 1620. The highest BCUT2D eigenvalue weighted by molar-refractivity contribution is 7.89. The van der Waals surface area contributed by atoms with Gasteiger partial charge in [0.1, 0.15) is 5.75 Å². The summed E-state index contributed by atoms with van der Waals surface area (Å²) in [6.07, 6.45) is -2.74. The lowest BCUT2D eigenvalue weighted by Crippen LogP contribution is -2.48. The smallest absolute Gasteiger partial charge is 0.405 e.